The molecule has 10 heteroatoms. The number of carbonyl (C=O) groups is 2. The molecule has 3 aromatic rings. The molecule has 0 bridgehead atoms. The molecule has 0 spiro atoms. The molecule has 0 aliphatic carbocycles. The quantitative estimate of drug-likeness (QED) is 0.473. The van der Waals surface area contributed by atoms with Crippen LogP contribution in [0.1, 0.15) is 6.92 Å². The molecular weight excluding hydrogens is 405 g/mol. The molecule has 1 atom stereocenters. The molecule has 0 aliphatic heterocycles. The number of fused-ring (bicyclic) bond motifs is 1. The average molecular weight is 422 g/mol. The molecule has 0 saturated carbocycles. The molecule has 0 saturated heterocycles. The van der Waals surface area contributed by atoms with E-state index in [1.807, 2.05) is 35.9 Å². The smallest absolute Gasteiger partial charge is 0.243 e. The predicted octanol–water partition coefficient (Wildman–Crippen LogP) is 3.23. The molecule has 1 heterocycles. The second kappa shape index (κ2) is 8.56. The van der Waals surface area contributed by atoms with Gasteiger partial charge in [0.15, 0.2) is 22.6 Å². The summed E-state index contributed by atoms with van der Waals surface area (Å²) in [4.78, 5) is 28.6. The average Bonchev–Trinajstić information content (AvgIpc) is 3.02. The Morgan fingerprint density at radius 2 is 1.86 bits per heavy atom. The van der Waals surface area contributed by atoms with Gasteiger partial charge in [-0.15, -0.1) is 0 Å². The molecule has 2 amide bonds. The number of halogens is 3. The summed E-state index contributed by atoms with van der Waals surface area (Å²) in [7, 11) is 1.84. The summed E-state index contributed by atoms with van der Waals surface area (Å²) in [5.74, 6) is -5.75. The summed E-state index contributed by atoms with van der Waals surface area (Å²) in [6.07, 6.45) is 0. The lowest BCUT2D eigenvalue weighted by Crippen LogP contribution is -2.37. The molecule has 0 fully saturated rings. The Kier molecular flexibility index (Phi) is 6.12. The molecule has 3 rings (SSSR count). The topological polar surface area (TPSA) is 76.0 Å². The van der Waals surface area contributed by atoms with Crippen molar-refractivity contribution in [2.24, 2.45) is 7.05 Å². The Morgan fingerprint density at radius 1 is 1.14 bits per heavy atom. The number of benzene rings is 2. The molecular formula is C19H17F3N4O2S. The van der Waals surface area contributed by atoms with Crippen molar-refractivity contribution >= 4 is 40.3 Å². The zero-order chi connectivity index (χ0) is 21.1. The lowest BCUT2D eigenvalue weighted by molar-refractivity contribution is -0.123. The fraction of sp³-hybridized carbons (Fsp3) is 0.211. The predicted molar refractivity (Wildman–Crippen MR) is 104 cm³/mol. The van der Waals surface area contributed by atoms with E-state index in [2.05, 4.69) is 15.6 Å². The van der Waals surface area contributed by atoms with E-state index in [1.54, 1.807) is 6.92 Å². The first-order valence-corrected chi connectivity index (χ1v) is 9.45. The number of hydrogen-bond acceptors (Lipinski definition) is 4. The van der Waals surface area contributed by atoms with Crippen LogP contribution in [0, 0.1) is 17.5 Å². The fourth-order valence-electron chi connectivity index (χ4n) is 2.57. The minimum Gasteiger partial charge on any atom is -0.346 e. The molecule has 6 nitrogen and oxygen atoms in total. The van der Waals surface area contributed by atoms with E-state index in [0.29, 0.717) is 11.2 Å². The van der Waals surface area contributed by atoms with Gasteiger partial charge in [-0.25, -0.2) is 18.2 Å². The number of aromatic nitrogens is 2. The molecule has 29 heavy (non-hydrogen) atoms. The minimum atomic E-state index is -1.68. The molecule has 152 valence electrons. The van der Waals surface area contributed by atoms with Crippen molar-refractivity contribution in [1.29, 1.82) is 0 Å². The van der Waals surface area contributed by atoms with E-state index in [-0.39, 0.29) is 0 Å². The zero-order valence-corrected chi connectivity index (χ0v) is 16.3. The highest BCUT2D eigenvalue weighted by atomic mass is 32.2. The first-order valence-electron chi connectivity index (χ1n) is 8.57. The highest BCUT2D eigenvalue weighted by Crippen LogP contribution is 2.26. The highest BCUT2D eigenvalue weighted by molar-refractivity contribution is 8.00. The second-order valence-electron chi connectivity index (χ2n) is 6.19. The number of hydrogen-bond donors (Lipinski definition) is 2. The molecule has 1 aromatic heterocycles. The van der Waals surface area contributed by atoms with E-state index in [4.69, 9.17) is 0 Å². The maximum atomic E-state index is 13.6. The minimum absolute atomic E-state index is 0.428. The van der Waals surface area contributed by atoms with Crippen molar-refractivity contribution in [1.82, 2.24) is 14.9 Å². The van der Waals surface area contributed by atoms with Crippen LogP contribution in [0.15, 0.2) is 41.6 Å². The number of nitrogens with one attached hydrogen (secondary N) is 2. The van der Waals surface area contributed by atoms with Crippen LogP contribution in [-0.2, 0) is 16.6 Å². The Bertz CT molecular complexity index is 1090. The Morgan fingerprint density at radius 3 is 2.59 bits per heavy atom. The number of carbonyl (C=O) groups excluding carboxylic acids is 2. The van der Waals surface area contributed by atoms with E-state index >= 15 is 0 Å². The summed E-state index contributed by atoms with van der Waals surface area (Å²) in [6.45, 7) is 1.21. The number of aryl methyl sites for hydroxylation is 1. The largest absolute Gasteiger partial charge is 0.346 e. The first kappa shape index (κ1) is 20.7. The van der Waals surface area contributed by atoms with Crippen LogP contribution in [0.25, 0.3) is 11.0 Å². The number of para-hydroxylation sites is 2. The van der Waals surface area contributed by atoms with Gasteiger partial charge in [0.05, 0.1) is 28.5 Å². The second-order valence-corrected chi connectivity index (χ2v) is 7.50. The van der Waals surface area contributed by atoms with Crippen LogP contribution < -0.4 is 10.6 Å². The maximum Gasteiger partial charge on any atom is 0.243 e. The zero-order valence-electron chi connectivity index (χ0n) is 15.5. The van der Waals surface area contributed by atoms with Gasteiger partial charge in [0.2, 0.25) is 11.8 Å². The van der Waals surface area contributed by atoms with Gasteiger partial charge in [0.25, 0.3) is 0 Å². The van der Waals surface area contributed by atoms with Crippen molar-refractivity contribution in [2.45, 2.75) is 17.3 Å². The van der Waals surface area contributed by atoms with E-state index in [9.17, 15) is 22.8 Å². The summed E-state index contributed by atoms with van der Waals surface area (Å²) < 4.78 is 41.6. The lowest BCUT2D eigenvalue weighted by Gasteiger charge is -2.12. The highest BCUT2D eigenvalue weighted by Gasteiger charge is 2.20. The van der Waals surface area contributed by atoms with E-state index in [0.717, 1.165) is 17.1 Å². The molecule has 0 unspecified atom stereocenters. The third kappa shape index (κ3) is 4.53. The number of anilines is 1. The summed E-state index contributed by atoms with van der Waals surface area (Å²) in [6, 6.07) is 9.14. The van der Waals surface area contributed by atoms with Gasteiger partial charge in [-0.1, -0.05) is 23.9 Å². The van der Waals surface area contributed by atoms with Gasteiger partial charge in [0, 0.05) is 7.05 Å². The Hall–Kier alpha value is -3.01. The van der Waals surface area contributed by atoms with E-state index < -0.39 is 46.7 Å². The van der Waals surface area contributed by atoms with Crippen LogP contribution in [0.3, 0.4) is 0 Å². The maximum absolute atomic E-state index is 13.6. The number of nitrogens with zero attached hydrogens (tertiary/aromatic N) is 2. The number of rotatable bonds is 6. The third-order valence-electron chi connectivity index (χ3n) is 4.13. The van der Waals surface area contributed by atoms with Crippen molar-refractivity contribution in [3.05, 3.63) is 53.8 Å². The monoisotopic (exact) mass is 422 g/mol. The fourth-order valence-corrected chi connectivity index (χ4v) is 3.48. The molecule has 2 N–H and O–H groups in total. The first-order chi connectivity index (χ1) is 13.8. The van der Waals surface area contributed by atoms with Crippen molar-refractivity contribution in [3.63, 3.8) is 0 Å². The van der Waals surface area contributed by atoms with Gasteiger partial charge in [-0.3, -0.25) is 9.59 Å². The number of imidazole rings is 1. The normalized spacial score (nSPS) is 12.0. The molecule has 0 aliphatic rings. The van der Waals surface area contributed by atoms with Crippen LogP contribution in [-0.4, -0.2) is 33.2 Å². The lowest BCUT2D eigenvalue weighted by atomic mass is 10.2. The van der Waals surface area contributed by atoms with Gasteiger partial charge in [-0.2, -0.15) is 0 Å². The Labute approximate surface area is 168 Å². The SMILES string of the molecule is C[C@H](Sc1nc2ccccc2n1C)C(=O)NCC(=O)Nc1ccc(F)c(F)c1F. The van der Waals surface area contributed by atoms with Crippen molar-refractivity contribution in [2.75, 3.05) is 11.9 Å². The summed E-state index contributed by atoms with van der Waals surface area (Å²) in [5, 5.41) is 4.60. The Balaban J connectivity index is 1.56. The molecule has 2 aromatic carbocycles. The third-order valence-corrected chi connectivity index (χ3v) is 5.27. The summed E-state index contributed by atoms with van der Waals surface area (Å²) in [5.41, 5.74) is 1.22. The van der Waals surface area contributed by atoms with Gasteiger partial charge < -0.3 is 15.2 Å². The van der Waals surface area contributed by atoms with Crippen LogP contribution in [0.2, 0.25) is 0 Å². The van der Waals surface area contributed by atoms with Crippen LogP contribution in [0.4, 0.5) is 18.9 Å². The van der Waals surface area contributed by atoms with Gasteiger partial charge in [-0.05, 0) is 31.2 Å². The molecule has 0 radical (unpaired) electrons. The standard InChI is InChI=1S/C19H17F3N4O2S/c1-10(29-19-25-12-5-3-4-6-14(12)26(19)2)18(28)23-9-15(27)24-13-8-7-11(20)16(21)17(13)22/h3-8,10H,9H2,1-2H3,(H,23,28)(H,24,27)/t10-/m0/s1. The van der Waals surface area contributed by atoms with Gasteiger partial charge in [0.1, 0.15) is 0 Å². The van der Waals surface area contributed by atoms with E-state index in [1.165, 1.54) is 11.8 Å². The number of amides is 2. The van der Waals surface area contributed by atoms with Gasteiger partial charge >= 0.3 is 0 Å². The summed E-state index contributed by atoms with van der Waals surface area (Å²) >= 11 is 1.22. The van der Waals surface area contributed by atoms with Crippen LogP contribution in [0.5, 0.6) is 0 Å². The van der Waals surface area contributed by atoms with Crippen molar-refractivity contribution in [3.8, 4) is 0 Å². The number of thioether (sulfide) groups is 1. The van der Waals surface area contributed by atoms with Crippen LogP contribution >= 0.6 is 11.8 Å². The van der Waals surface area contributed by atoms with Crippen molar-refractivity contribution < 1.29 is 22.8 Å².